The molecule has 19 heavy (non-hydrogen) atoms. The molecule has 1 unspecified atom stereocenters. The maximum atomic E-state index is 12.1. The van der Waals surface area contributed by atoms with Crippen LogP contribution in [0.1, 0.15) is 47.0 Å². The molecule has 0 aliphatic carbocycles. The third kappa shape index (κ3) is 7.90. The van der Waals surface area contributed by atoms with E-state index in [-0.39, 0.29) is 5.75 Å². The van der Waals surface area contributed by atoms with Gasteiger partial charge >= 0.3 is 0 Å². The van der Waals surface area contributed by atoms with Crippen molar-refractivity contribution in [2.24, 2.45) is 5.92 Å². The molecular formula is C14H31NO3S. The Hall–Kier alpha value is -0.130. The van der Waals surface area contributed by atoms with Crippen LogP contribution in [0.3, 0.4) is 0 Å². The quantitative estimate of drug-likeness (QED) is 0.628. The van der Waals surface area contributed by atoms with Crippen LogP contribution in [0.25, 0.3) is 0 Å². The van der Waals surface area contributed by atoms with Crippen molar-refractivity contribution >= 4 is 9.84 Å². The highest BCUT2D eigenvalue weighted by atomic mass is 32.2. The first-order valence-corrected chi connectivity index (χ1v) is 8.81. The minimum atomic E-state index is -3.00. The van der Waals surface area contributed by atoms with E-state index in [0.29, 0.717) is 12.5 Å². The van der Waals surface area contributed by atoms with Crippen molar-refractivity contribution in [3.8, 4) is 0 Å². The summed E-state index contributed by atoms with van der Waals surface area (Å²) in [5, 5.41) is 3.33. The summed E-state index contributed by atoms with van der Waals surface area (Å²) in [7, 11) is -1.32. The normalized spacial score (nSPS) is 14.6. The SMILES string of the molecule is CCCC(CCS(=O)(=O)C(C)(C)C)CNCCOC. The van der Waals surface area contributed by atoms with E-state index in [2.05, 4.69) is 12.2 Å². The number of rotatable bonds is 10. The van der Waals surface area contributed by atoms with Gasteiger partial charge in [0, 0.05) is 13.7 Å². The average Bonchev–Trinajstić information content (AvgIpc) is 2.30. The lowest BCUT2D eigenvalue weighted by molar-refractivity contribution is 0.197. The van der Waals surface area contributed by atoms with Crippen molar-refractivity contribution in [2.45, 2.75) is 51.7 Å². The molecule has 0 spiro atoms. The molecule has 0 fully saturated rings. The van der Waals surface area contributed by atoms with Gasteiger partial charge in [-0.3, -0.25) is 0 Å². The van der Waals surface area contributed by atoms with E-state index in [0.717, 1.165) is 32.4 Å². The van der Waals surface area contributed by atoms with Crippen LogP contribution in [0.4, 0.5) is 0 Å². The van der Waals surface area contributed by atoms with Gasteiger partial charge in [0.25, 0.3) is 0 Å². The van der Waals surface area contributed by atoms with Crippen molar-refractivity contribution in [2.75, 3.05) is 32.6 Å². The van der Waals surface area contributed by atoms with E-state index in [1.54, 1.807) is 27.9 Å². The van der Waals surface area contributed by atoms with E-state index >= 15 is 0 Å². The van der Waals surface area contributed by atoms with Crippen LogP contribution in [0.15, 0.2) is 0 Å². The summed E-state index contributed by atoms with van der Waals surface area (Å²) in [5.41, 5.74) is 0. The molecule has 0 aromatic rings. The van der Waals surface area contributed by atoms with Crippen LogP contribution >= 0.6 is 0 Å². The Morgan fingerprint density at radius 1 is 1.21 bits per heavy atom. The van der Waals surface area contributed by atoms with Gasteiger partial charge in [-0.15, -0.1) is 0 Å². The lowest BCUT2D eigenvalue weighted by Gasteiger charge is -2.22. The van der Waals surface area contributed by atoms with E-state index in [9.17, 15) is 8.42 Å². The molecule has 116 valence electrons. The number of nitrogens with one attached hydrogen (secondary N) is 1. The van der Waals surface area contributed by atoms with Gasteiger partial charge in [-0.2, -0.15) is 0 Å². The van der Waals surface area contributed by atoms with Crippen LogP contribution in [-0.2, 0) is 14.6 Å². The van der Waals surface area contributed by atoms with Gasteiger partial charge in [-0.05, 0) is 46.1 Å². The summed E-state index contributed by atoms with van der Waals surface area (Å²) < 4.78 is 28.5. The van der Waals surface area contributed by atoms with Crippen molar-refractivity contribution in [1.29, 1.82) is 0 Å². The zero-order chi connectivity index (χ0) is 14.9. The molecule has 0 aliphatic rings. The lowest BCUT2D eigenvalue weighted by atomic mass is 10.0. The molecule has 0 aromatic carbocycles. The maximum Gasteiger partial charge on any atom is 0.155 e. The Labute approximate surface area is 119 Å². The van der Waals surface area contributed by atoms with Gasteiger partial charge < -0.3 is 10.1 Å². The number of sulfone groups is 1. The first-order chi connectivity index (χ1) is 8.74. The molecule has 0 aromatic heterocycles. The maximum absolute atomic E-state index is 12.1. The third-order valence-electron chi connectivity index (χ3n) is 3.34. The Kier molecular flexibility index (Phi) is 8.86. The average molecular weight is 293 g/mol. The zero-order valence-electron chi connectivity index (χ0n) is 13.2. The molecule has 0 saturated heterocycles. The first-order valence-electron chi connectivity index (χ1n) is 7.16. The van der Waals surface area contributed by atoms with Gasteiger partial charge in [0.2, 0.25) is 0 Å². The summed E-state index contributed by atoms with van der Waals surface area (Å²) in [6.45, 7) is 9.84. The minimum Gasteiger partial charge on any atom is -0.383 e. The minimum absolute atomic E-state index is 0.285. The smallest absolute Gasteiger partial charge is 0.155 e. The van der Waals surface area contributed by atoms with Crippen molar-refractivity contribution in [3.05, 3.63) is 0 Å². The number of hydrogen-bond acceptors (Lipinski definition) is 4. The number of hydrogen-bond donors (Lipinski definition) is 1. The standard InChI is InChI=1S/C14H31NO3S/c1-6-7-13(12-15-9-10-18-5)8-11-19(16,17)14(2,3)4/h13,15H,6-12H2,1-5H3. The molecule has 0 aliphatic heterocycles. The Bertz CT molecular complexity index is 320. The van der Waals surface area contributed by atoms with Gasteiger partial charge in [-0.25, -0.2) is 8.42 Å². The summed E-state index contributed by atoms with van der Waals surface area (Å²) >= 11 is 0. The number of ether oxygens (including phenoxy) is 1. The van der Waals surface area contributed by atoms with Crippen LogP contribution in [0.5, 0.6) is 0 Å². The molecule has 0 bridgehead atoms. The van der Waals surface area contributed by atoms with Crippen molar-refractivity contribution in [1.82, 2.24) is 5.32 Å². The molecule has 0 heterocycles. The van der Waals surface area contributed by atoms with Crippen molar-refractivity contribution < 1.29 is 13.2 Å². The molecule has 1 atom stereocenters. The molecule has 0 radical (unpaired) electrons. The van der Waals surface area contributed by atoms with E-state index < -0.39 is 14.6 Å². The predicted octanol–water partition coefficient (Wildman–Crippen LogP) is 2.24. The summed E-state index contributed by atoms with van der Waals surface area (Å²) in [4.78, 5) is 0. The first kappa shape index (κ1) is 18.9. The molecule has 4 nitrogen and oxygen atoms in total. The highest BCUT2D eigenvalue weighted by molar-refractivity contribution is 7.92. The topological polar surface area (TPSA) is 55.4 Å². The highest BCUT2D eigenvalue weighted by Crippen LogP contribution is 2.20. The molecule has 0 rings (SSSR count). The van der Waals surface area contributed by atoms with Crippen molar-refractivity contribution in [3.63, 3.8) is 0 Å². The fourth-order valence-electron chi connectivity index (χ4n) is 1.87. The fraction of sp³-hybridized carbons (Fsp3) is 1.00. The Morgan fingerprint density at radius 2 is 1.84 bits per heavy atom. The molecule has 0 amide bonds. The highest BCUT2D eigenvalue weighted by Gasteiger charge is 2.29. The van der Waals surface area contributed by atoms with Gasteiger partial charge in [0.15, 0.2) is 9.84 Å². The van der Waals surface area contributed by atoms with Gasteiger partial charge in [0.1, 0.15) is 0 Å². The second-order valence-electron chi connectivity index (χ2n) is 6.07. The van der Waals surface area contributed by atoms with Gasteiger partial charge in [-0.1, -0.05) is 13.3 Å². The van der Waals surface area contributed by atoms with E-state index in [1.165, 1.54) is 0 Å². The molecular weight excluding hydrogens is 262 g/mol. The Morgan fingerprint density at radius 3 is 2.32 bits per heavy atom. The largest absolute Gasteiger partial charge is 0.383 e. The lowest BCUT2D eigenvalue weighted by Crippen LogP contribution is -2.33. The van der Waals surface area contributed by atoms with Crippen LogP contribution < -0.4 is 5.32 Å². The predicted molar refractivity (Wildman–Crippen MR) is 81.3 cm³/mol. The summed E-state index contributed by atoms with van der Waals surface area (Å²) in [6.07, 6.45) is 2.90. The van der Waals surface area contributed by atoms with Gasteiger partial charge in [0.05, 0.1) is 17.1 Å². The monoisotopic (exact) mass is 293 g/mol. The third-order valence-corrected chi connectivity index (χ3v) is 5.98. The van der Waals surface area contributed by atoms with Crippen LogP contribution in [-0.4, -0.2) is 45.7 Å². The summed E-state index contributed by atoms with van der Waals surface area (Å²) in [5.74, 6) is 0.714. The number of methoxy groups -OCH3 is 1. The zero-order valence-corrected chi connectivity index (χ0v) is 14.0. The second-order valence-corrected chi connectivity index (χ2v) is 8.93. The van der Waals surface area contributed by atoms with E-state index in [4.69, 9.17) is 4.74 Å². The molecule has 5 heteroatoms. The summed E-state index contributed by atoms with van der Waals surface area (Å²) in [6, 6.07) is 0. The van der Waals surface area contributed by atoms with Crippen LogP contribution in [0.2, 0.25) is 0 Å². The van der Waals surface area contributed by atoms with E-state index in [1.807, 2.05) is 0 Å². The second kappa shape index (κ2) is 8.93. The molecule has 1 N–H and O–H groups in total. The fourth-order valence-corrected chi connectivity index (χ4v) is 3.12. The molecule has 0 saturated carbocycles. The Balaban J connectivity index is 4.21. The van der Waals surface area contributed by atoms with Crippen LogP contribution in [0, 0.1) is 5.92 Å².